The molecule has 0 amide bonds. The molecule has 0 spiro atoms. The highest BCUT2D eigenvalue weighted by molar-refractivity contribution is 4.70. The fourth-order valence-electron chi connectivity index (χ4n) is 2.65. The van der Waals surface area contributed by atoms with Crippen molar-refractivity contribution in [2.45, 2.75) is 109 Å². The van der Waals surface area contributed by atoms with E-state index in [1.54, 1.807) is 13.2 Å². The lowest BCUT2D eigenvalue weighted by Gasteiger charge is -2.18. The van der Waals surface area contributed by atoms with Crippen LogP contribution < -0.4 is 34.4 Å². The Labute approximate surface area is 200 Å². The standard InChI is InChI=1S/C6H13N.C5H11N.C4H9N.C4H11N.C3H9NO.C3H7N/c7-6-4-2-1-3-5-6;6-5-3-1-2-4-5;5-4-2-1-3-4;1-4(2)3-5;1-5-3-2-4;1-2-3-4/h6H,1-5,7H2;5H,1-4,6H2;4H,1-3,5H2;4H,3,5H2,1-2H3;2-4H2,1H3;2H,1,3-4H2. The molecule has 32 heavy (non-hydrogen) atoms. The van der Waals surface area contributed by atoms with Gasteiger partial charge in [-0.25, -0.2) is 0 Å². The highest BCUT2D eigenvalue weighted by Gasteiger charge is 2.10. The maximum Gasteiger partial charge on any atom is 0.0584 e. The third-order valence-corrected chi connectivity index (χ3v) is 5.16. The Morgan fingerprint density at radius 3 is 1.16 bits per heavy atom. The zero-order valence-electron chi connectivity index (χ0n) is 21.8. The van der Waals surface area contributed by atoms with Gasteiger partial charge in [-0.1, -0.05) is 58.4 Å². The Morgan fingerprint density at radius 1 is 0.750 bits per heavy atom. The summed E-state index contributed by atoms with van der Waals surface area (Å²) in [4.78, 5) is 0. The molecule has 0 bridgehead atoms. The first kappa shape index (κ1) is 36.0. The van der Waals surface area contributed by atoms with Crippen molar-refractivity contribution in [2.24, 2.45) is 40.3 Å². The third kappa shape index (κ3) is 36.8. The van der Waals surface area contributed by atoms with Gasteiger partial charge in [0.25, 0.3) is 0 Å². The quantitative estimate of drug-likeness (QED) is 0.351. The zero-order chi connectivity index (χ0) is 25.0. The average Bonchev–Trinajstić information content (AvgIpc) is 3.26. The van der Waals surface area contributed by atoms with Crippen molar-refractivity contribution in [3.8, 4) is 0 Å². The summed E-state index contributed by atoms with van der Waals surface area (Å²) < 4.78 is 4.57. The predicted octanol–water partition coefficient (Wildman–Crippen LogP) is 2.99. The van der Waals surface area contributed by atoms with Crippen molar-refractivity contribution in [3.63, 3.8) is 0 Å². The van der Waals surface area contributed by atoms with E-state index in [4.69, 9.17) is 34.4 Å². The van der Waals surface area contributed by atoms with Gasteiger partial charge in [0.2, 0.25) is 0 Å². The molecule has 0 aromatic heterocycles. The van der Waals surface area contributed by atoms with Gasteiger partial charge in [-0.15, -0.1) is 6.58 Å². The fourth-order valence-corrected chi connectivity index (χ4v) is 2.65. The lowest BCUT2D eigenvalue weighted by Crippen LogP contribution is -2.27. The molecule has 196 valence electrons. The van der Waals surface area contributed by atoms with Crippen molar-refractivity contribution in [3.05, 3.63) is 12.7 Å². The Kier molecular flexibility index (Phi) is 34.3. The smallest absolute Gasteiger partial charge is 0.0584 e. The normalized spacial score (nSPS) is 17.9. The highest BCUT2D eigenvalue weighted by Crippen LogP contribution is 2.15. The molecule has 0 radical (unpaired) electrons. The van der Waals surface area contributed by atoms with E-state index in [9.17, 15) is 0 Å². The summed E-state index contributed by atoms with van der Waals surface area (Å²) in [6, 6.07) is 1.65. The summed E-state index contributed by atoms with van der Waals surface area (Å²) in [6.07, 6.45) is 17.5. The van der Waals surface area contributed by atoms with Crippen LogP contribution in [0.15, 0.2) is 12.7 Å². The van der Waals surface area contributed by atoms with Gasteiger partial charge in [-0.2, -0.15) is 0 Å². The predicted molar refractivity (Wildman–Crippen MR) is 143 cm³/mol. The lowest BCUT2D eigenvalue weighted by molar-refractivity contribution is 0.207. The van der Waals surface area contributed by atoms with E-state index in [0.29, 0.717) is 43.7 Å². The summed E-state index contributed by atoms with van der Waals surface area (Å²) in [7, 11) is 1.63. The first-order valence-corrected chi connectivity index (χ1v) is 12.8. The van der Waals surface area contributed by atoms with E-state index in [-0.39, 0.29) is 0 Å². The van der Waals surface area contributed by atoms with Gasteiger partial charge < -0.3 is 39.1 Å². The van der Waals surface area contributed by atoms with Crippen LogP contribution in [0, 0.1) is 5.92 Å². The van der Waals surface area contributed by atoms with Crippen LogP contribution in [0.4, 0.5) is 0 Å². The second kappa shape index (κ2) is 30.5. The van der Waals surface area contributed by atoms with Gasteiger partial charge >= 0.3 is 0 Å². The fraction of sp³-hybridized carbons (Fsp3) is 0.920. The van der Waals surface area contributed by atoms with Crippen LogP contribution >= 0.6 is 0 Å². The van der Waals surface area contributed by atoms with E-state index >= 15 is 0 Å². The van der Waals surface area contributed by atoms with Gasteiger partial charge in [-0.05, 0) is 51.0 Å². The Morgan fingerprint density at radius 2 is 1.06 bits per heavy atom. The molecule has 7 heteroatoms. The van der Waals surface area contributed by atoms with Gasteiger partial charge in [0, 0.05) is 38.3 Å². The van der Waals surface area contributed by atoms with E-state index in [0.717, 1.165) is 6.54 Å². The number of nitrogens with two attached hydrogens (primary N) is 6. The molecule has 0 aliphatic heterocycles. The van der Waals surface area contributed by atoms with Gasteiger partial charge in [0.05, 0.1) is 6.61 Å². The Bertz CT molecular complexity index is 322. The summed E-state index contributed by atoms with van der Waals surface area (Å²) in [5.74, 6) is 0.662. The van der Waals surface area contributed by atoms with Crippen LogP contribution in [0.5, 0.6) is 0 Å². The van der Waals surface area contributed by atoms with E-state index in [1.165, 1.54) is 77.0 Å². The first-order valence-electron chi connectivity index (χ1n) is 12.8. The van der Waals surface area contributed by atoms with Gasteiger partial charge in [0.1, 0.15) is 0 Å². The van der Waals surface area contributed by atoms with Crippen LogP contribution in [-0.4, -0.2) is 51.5 Å². The van der Waals surface area contributed by atoms with E-state index in [1.807, 2.05) is 0 Å². The number of rotatable bonds is 4. The van der Waals surface area contributed by atoms with Crippen molar-refractivity contribution < 1.29 is 4.74 Å². The average molecular weight is 461 g/mol. The maximum atomic E-state index is 5.63. The second-order valence-corrected chi connectivity index (χ2v) is 9.07. The molecular weight excluding hydrogens is 400 g/mol. The largest absolute Gasteiger partial charge is 0.383 e. The molecule has 0 aromatic rings. The van der Waals surface area contributed by atoms with Crippen LogP contribution in [0.1, 0.15) is 90.9 Å². The van der Waals surface area contributed by atoms with Crippen LogP contribution in [0.2, 0.25) is 0 Å². The molecule has 7 nitrogen and oxygen atoms in total. The summed E-state index contributed by atoms with van der Waals surface area (Å²) in [5, 5.41) is 0. The van der Waals surface area contributed by atoms with Crippen LogP contribution in [0.3, 0.4) is 0 Å². The second-order valence-electron chi connectivity index (χ2n) is 9.07. The molecular formula is C25H60N6O. The molecule has 3 rings (SSSR count). The number of hydrogen-bond donors (Lipinski definition) is 6. The molecule has 0 atom stereocenters. The van der Waals surface area contributed by atoms with E-state index < -0.39 is 0 Å². The van der Waals surface area contributed by atoms with Gasteiger partial charge in [0.15, 0.2) is 0 Å². The number of hydrogen-bond acceptors (Lipinski definition) is 7. The summed E-state index contributed by atoms with van der Waals surface area (Å²) >= 11 is 0. The third-order valence-electron chi connectivity index (χ3n) is 5.16. The SMILES string of the molecule is C=CCN.CC(C)CN.COCCN.NC1CCC1.NC1CCCC1.NC1CCCCC1. The van der Waals surface area contributed by atoms with Crippen molar-refractivity contribution in [1.82, 2.24) is 0 Å². The topological polar surface area (TPSA) is 165 Å². The molecule has 3 fully saturated rings. The van der Waals surface area contributed by atoms with Crippen molar-refractivity contribution in [1.29, 1.82) is 0 Å². The first-order chi connectivity index (χ1) is 15.3. The molecule has 3 aliphatic rings. The number of methoxy groups -OCH3 is 1. The van der Waals surface area contributed by atoms with Gasteiger partial charge in [-0.3, -0.25) is 0 Å². The molecule has 0 heterocycles. The molecule has 0 aromatic carbocycles. The minimum Gasteiger partial charge on any atom is -0.383 e. The molecule has 12 N–H and O–H groups in total. The molecule has 3 saturated carbocycles. The molecule has 3 aliphatic carbocycles. The van der Waals surface area contributed by atoms with Crippen LogP contribution in [0.25, 0.3) is 0 Å². The minimum atomic E-state index is 0.536. The number of ether oxygens (including phenoxy) is 1. The maximum absolute atomic E-state index is 5.63. The summed E-state index contributed by atoms with van der Waals surface area (Å²) in [5.41, 5.74) is 31.6. The Balaban J connectivity index is -0.000000319. The van der Waals surface area contributed by atoms with Crippen molar-refractivity contribution >= 4 is 0 Å². The Hall–Kier alpha value is -0.540. The monoisotopic (exact) mass is 460 g/mol. The molecule has 0 saturated heterocycles. The van der Waals surface area contributed by atoms with E-state index in [2.05, 4.69) is 25.2 Å². The molecule has 0 unspecified atom stereocenters. The lowest BCUT2D eigenvalue weighted by atomic mass is 9.95. The van der Waals surface area contributed by atoms with Crippen molar-refractivity contribution in [2.75, 3.05) is 33.4 Å². The summed E-state index contributed by atoms with van der Waals surface area (Å²) in [6.45, 7) is 10.2. The van der Waals surface area contributed by atoms with Crippen LogP contribution in [-0.2, 0) is 4.74 Å². The minimum absolute atomic E-state index is 0.536. The highest BCUT2D eigenvalue weighted by atomic mass is 16.5. The zero-order valence-corrected chi connectivity index (χ0v) is 21.8.